The number of hydrogen-bond donors (Lipinski definition) is 1. The molecule has 50 valence electrons. The van der Waals surface area contributed by atoms with Crippen LogP contribution in [-0.4, -0.2) is 20.6 Å². The molecule has 9 heavy (non-hydrogen) atoms. The summed E-state index contributed by atoms with van der Waals surface area (Å²) < 4.78 is 0. The van der Waals surface area contributed by atoms with E-state index < -0.39 is 0 Å². The Balaban J connectivity index is 2.29. The molecule has 0 saturated heterocycles. The van der Waals surface area contributed by atoms with Crippen LogP contribution in [0, 0.1) is 5.92 Å². The first-order valence-electron chi connectivity index (χ1n) is 3.43. The number of quaternary nitrogens is 1. The van der Waals surface area contributed by atoms with Crippen molar-refractivity contribution in [2.75, 3.05) is 20.6 Å². The fourth-order valence-electron chi connectivity index (χ4n) is 1.09. The van der Waals surface area contributed by atoms with Gasteiger partial charge in [0.25, 0.3) is 0 Å². The van der Waals surface area contributed by atoms with E-state index in [1.54, 1.807) is 0 Å². The van der Waals surface area contributed by atoms with Crippen molar-refractivity contribution in [1.29, 1.82) is 0 Å². The van der Waals surface area contributed by atoms with Gasteiger partial charge in [0.05, 0.1) is 20.6 Å². The summed E-state index contributed by atoms with van der Waals surface area (Å²) in [6.45, 7) is 1.22. The number of hydrogen-bond acceptors (Lipinski definition) is 0. The highest BCUT2D eigenvalue weighted by molar-refractivity contribution is 5.17. The second kappa shape index (κ2) is 2.83. The average Bonchev–Trinajstić information content (AvgIpc) is 2.15. The highest BCUT2D eigenvalue weighted by Crippen LogP contribution is 2.04. The molecule has 0 unspecified atom stereocenters. The number of rotatable bonds is 2. The molecule has 0 aliphatic heterocycles. The minimum atomic E-state index is 0.690. The Bertz CT molecular complexity index is 122. The van der Waals surface area contributed by atoms with Crippen LogP contribution in [0.15, 0.2) is 24.3 Å². The summed E-state index contributed by atoms with van der Waals surface area (Å²) in [7, 11) is 4.36. The molecule has 0 fully saturated rings. The third kappa shape index (κ3) is 2.02. The van der Waals surface area contributed by atoms with E-state index in [-0.39, 0.29) is 0 Å². The molecule has 1 heteroatoms. The molecule has 0 aromatic heterocycles. The SMILES string of the molecule is C[NH+](C)CC1C=CC=C1. The minimum Gasteiger partial charge on any atom is -0.339 e. The Hall–Kier alpha value is -0.560. The zero-order chi connectivity index (χ0) is 6.69. The standard InChI is InChI=1S/C8H13N/c1-9(2)7-8-5-3-4-6-8/h3-6,8H,7H2,1-2H3/p+1. The van der Waals surface area contributed by atoms with E-state index >= 15 is 0 Å². The zero-order valence-electron chi connectivity index (χ0n) is 6.09. The maximum absolute atomic E-state index is 2.24. The lowest BCUT2D eigenvalue weighted by molar-refractivity contribution is -0.860. The minimum absolute atomic E-state index is 0.690. The van der Waals surface area contributed by atoms with E-state index in [1.807, 2.05) is 0 Å². The third-order valence-electron chi connectivity index (χ3n) is 1.47. The molecule has 0 atom stereocenters. The van der Waals surface area contributed by atoms with Gasteiger partial charge in [-0.25, -0.2) is 0 Å². The predicted molar refractivity (Wildman–Crippen MR) is 39.4 cm³/mol. The average molecular weight is 124 g/mol. The molecule has 0 heterocycles. The third-order valence-corrected chi connectivity index (χ3v) is 1.47. The summed E-state index contributed by atoms with van der Waals surface area (Å²) in [4.78, 5) is 1.51. The molecule has 0 aromatic rings. The summed E-state index contributed by atoms with van der Waals surface area (Å²) in [6, 6.07) is 0. The fraction of sp³-hybridized carbons (Fsp3) is 0.500. The summed E-state index contributed by atoms with van der Waals surface area (Å²) in [6.07, 6.45) is 8.72. The topological polar surface area (TPSA) is 4.44 Å². The molecule has 0 radical (unpaired) electrons. The van der Waals surface area contributed by atoms with Gasteiger partial charge in [-0.1, -0.05) is 24.3 Å². The first-order valence-corrected chi connectivity index (χ1v) is 3.43. The van der Waals surface area contributed by atoms with Gasteiger partial charge in [0.2, 0.25) is 0 Å². The zero-order valence-corrected chi connectivity index (χ0v) is 6.09. The predicted octanol–water partition coefficient (Wildman–Crippen LogP) is -0.127. The molecule has 1 nitrogen and oxygen atoms in total. The first-order chi connectivity index (χ1) is 4.29. The molecule has 0 amide bonds. The Kier molecular flexibility index (Phi) is 2.06. The fourth-order valence-corrected chi connectivity index (χ4v) is 1.09. The molecular weight excluding hydrogens is 110 g/mol. The molecule has 1 N–H and O–H groups in total. The lowest BCUT2D eigenvalue weighted by atomic mass is 10.2. The van der Waals surface area contributed by atoms with Crippen molar-refractivity contribution in [3.63, 3.8) is 0 Å². The lowest BCUT2D eigenvalue weighted by Gasteiger charge is -2.09. The number of nitrogens with one attached hydrogen (secondary N) is 1. The van der Waals surface area contributed by atoms with Crippen LogP contribution in [0.4, 0.5) is 0 Å². The van der Waals surface area contributed by atoms with Crippen molar-refractivity contribution >= 4 is 0 Å². The van der Waals surface area contributed by atoms with Gasteiger partial charge < -0.3 is 4.90 Å². The van der Waals surface area contributed by atoms with Crippen molar-refractivity contribution in [3.8, 4) is 0 Å². The quantitative estimate of drug-likeness (QED) is 0.523. The van der Waals surface area contributed by atoms with Crippen LogP contribution < -0.4 is 4.90 Å². The molecule has 0 aromatic carbocycles. The summed E-state index contributed by atoms with van der Waals surface area (Å²) >= 11 is 0. The van der Waals surface area contributed by atoms with Crippen LogP contribution >= 0.6 is 0 Å². The van der Waals surface area contributed by atoms with Crippen molar-refractivity contribution in [1.82, 2.24) is 0 Å². The lowest BCUT2D eigenvalue weighted by Crippen LogP contribution is -3.06. The Labute approximate surface area is 56.7 Å². The molecule has 1 aliphatic carbocycles. The monoisotopic (exact) mass is 124 g/mol. The van der Waals surface area contributed by atoms with Crippen LogP contribution in [-0.2, 0) is 0 Å². The summed E-state index contributed by atoms with van der Waals surface area (Å²) in [5, 5.41) is 0. The van der Waals surface area contributed by atoms with Crippen molar-refractivity contribution in [3.05, 3.63) is 24.3 Å². The van der Waals surface area contributed by atoms with Gasteiger partial charge in [0.15, 0.2) is 0 Å². The molecule has 1 aliphatic rings. The highest BCUT2D eigenvalue weighted by Gasteiger charge is 2.05. The second-order valence-electron chi connectivity index (χ2n) is 2.84. The van der Waals surface area contributed by atoms with Crippen molar-refractivity contribution in [2.24, 2.45) is 5.92 Å². The van der Waals surface area contributed by atoms with E-state index in [9.17, 15) is 0 Å². The van der Waals surface area contributed by atoms with Crippen LogP contribution in [0.3, 0.4) is 0 Å². The van der Waals surface area contributed by atoms with E-state index in [2.05, 4.69) is 38.4 Å². The van der Waals surface area contributed by atoms with Gasteiger partial charge in [-0.3, -0.25) is 0 Å². The largest absolute Gasteiger partial charge is 0.339 e. The van der Waals surface area contributed by atoms with Crippen molar-refractivity contribution in [2.45, 2.75) is 0 Å². The molecule has 0 spiro atoms. The van der Waals surface area contributed by atoms with E-state index in [0.717, 1.165) is 0 Å². The normalized spacial score (nSPS) is 18.1. The van der Waals surface area contributed by atoms with Gasteiger partial charge in [-0.15, -0.1) is 0 Å². The maximum Gasteiger partial charge on any atom is 0.0865 e. The van der Waals surface area contributed by atoms with E-state index in [1.165, 1.54) is 11.4 Å². The van der Waals surface area contributed by atoms with Gasteiger partial charge >= 0.3 is 0 Å². The maximum atomic E-state index is 2.24. The first kappa shape index (κ1) is 6.56. The van der Waals surface area contributed by atoms with Gasteiger partial charge in [-0.2, -0.15) is 0 Å². The van der Waals surface area contributed by atoms with Gasteiger partial charge in [0, 0.05) is 5.92 Å². The Morgan fingerprint density at radius 3 is 2.22 bits per heavy atom. The highest BCUT2D eigenvalue weighted by atomic mass is 15.1. The van der Waals surface area contributed by atoms with Crippen LogP contribution in [0.1, 0.15) is 0 Å². The summed E-state index contributed by atoms with van der Waals surface area (Å²) in [5.41, 5.74) is 0. The number of allylic oxidation sites excluding steroid dienone is 2. The van der Waals surface area contributed by atoms with Crippen LogP contribution in [0.5, 0.6) is 0 Å². The molecular formula is C8H14N+. The second-order valence-corrected chi connectivity index (χ2v) is 2.84. The van der Waals surface area contributed by atoms with E-state index in [0.29, 0.717) is 5.92 Å². The Morgan fingerprint density at radius 1 is 1.22 bits per heavy atom. The van der Waals surface area contributed by atoms with Crippen molar-refractivity contribution < 1.29 is 4.90 Å². The molecule has 0 saturated carbocycles. The molecule has 1 rings (SSSR count). The van der Waals surface area contributed by atoms with Crippen LogP contribution in [0.25, 0.3) is 0 Å². The molecule has 0 bridgehead atoms. The van der Waals surface area contributed by atoms with Gasteiger partial charge in [0.1, 0.15) is 0 Å². The summed E-state index contributed by atoms with van der Waals surface area (Å²) in [5.74, 6) is 0.690. The van der Waals surface area contributed by atoms with Crippen LogP contribution in [0.2, 0.25) is 0 Å². The van der Waals surface area contributed by atoms with E-state index in [4.69, 9.17) is 0 Å². The van der Waals surface area contributed by atoms with Gasteiger partial charge in [-0.05, 0) is 0 Å². The Morgan fingerprint density at radius 2 is 1.78 bits per heavy atom. The smallest absolute Gasteiger partial charge is 0.0865 e.